The standard InChI is InChI=1S/C16H22BrNO3/c17-14-9-16-15(20-6-7-21-16)8-13(14)11-18-4-1-2-12(10-18)3-5-19/h8-9,12,19H,1-7,10-11H2. The number of nitrogens with zero attached hydrogens (tertiary/aromatic N) is 1. The van der Waals surface area contributed by atoms with E-state index >= 15 is 0 Å². The fraction of sp³-hybridized carbons (Fsp3) is 0.625. The van der Waals surface area contributed by atoms with Gasteiger partial charge in [-0.05, 0) is 49.4 Å². The highest BCUT2D eigenvalue weighted by Crippen LogP contribution is 2.36. The molecule has 0 aromatic heterocycles. The number of hydrogen-bond acceptors (Lipinski definition) is 4. The van der Waals surface area contributed by atoms with E-state index < -0.39 is 0 Å². The van der Waals surface area contributed by atoms with Crippen LogP contribution in [0, 0.1) is 5.92 Å². The van der Waals surface area contributed by atoms with Crippen LogP contribution in [-0.4, -0.2) is 42.9 Å². The summed E-state index contributed by atoms with van der Waals surface area (Å²) in [7, 11) is 0. The van der Waals surface area contributed by atoms with Crippen LogP contribution in [0.1, 0.15) is 24.8 Å². The van der Waals surface area contributed by atoms with Gasteiger partial charge in [-0.2, -0.15) is 0 Å². The summed E-state index contributed by atoms with van der Waals surface area (Å²) < 4.78 is 12.4. The van der Waals surface area contributed by atoms with Crippen molar-refractivity contribution in [1.82, 2.24) is 4.90 Å². The van der Waals surface area contributed by atoms with Crippen molar-refractivity contribution in [2.75, 3.05) is 32.9 Å². The maximum absolute atomic E-state index is 9.11. The lowest BCUT2D eigenvalue weighted by atomic mass is 9.95. The first-order chi connectivity index (χ1) is 10.3. The van der Waals surface area contributed by atoms with Gasteiger partial charge in [0.05, 0.1) is 0 Å². The van der Waals surface area contributed by atoms with E-state index in [9.17, 15) is 0 Å². The summed E-state index contributed by atoms with van der Waals surface area (Å²) in [6, 6.07) is 4.10. The highest BCUT2D eigenvalue weighted by Gasteiger charge is 2.21. The highest BCUT2D eigenvalue weighted by molar-refractivity contribution is 9.10. The minimum Gasteiger partial charge on any atom is -0.486 e. The first-order valence-corrected chi connectivity index (χ1v) is 8.47. The number of rotatable bonds is 4. The molecule has 0 spiro atoms. The molecule has 1 saturated heterocycles. The molecule has 3 rings (SSSR count). The van der Waals surface area contributed by atoms with Crippen LogP contribution in [0.25, 0.3) is 0 Å². The molecule has 1 unspecified atom stereocenters. The van der Waals surface area contributed by atoms with Gasteiger partial charge in [0.1, 0.15) is 13.2 Å². The Balaban J connectivity index is 1.69. The van der Waals surface area contributed by atoms with Crippen LogP contribution in [0.4, 0.5) is 0 Å². The molecule has 0 radical (unpaired) electrons. The average Bonchev–Trinajstić information content (AvgIpc) is 2.49. The molecule has 116 valence electrons. The molecule has 0 saturated carbocycles. The number of hydrogen-bond donors (Lipinski definition) is 1. The van der Waals surface area contributed by atoms with Gasteiger partial charge in [0, 0.05) is 24.2 Å². The molecule has 2 aliphatic rings. The van der Waals surface area contributed by atoms with Crippen molar-refractivity contribution >= 4 is 15.9 Å². The van der Waals surface area contributed by atoms with E-state index in [1.807, 2.05) is 6.07 Å². The average molecular weight is 356 g/mol. The minimum atomic E-state index is 0.298. The molecule has 2 aliphatic heterocycles. The van der Waals surface area contributed by atoms with Crippen molar-refractivity contribution in [2.24, 2.45) is 5.92 Å². The number of fused-ring (bicyclic) bond motifs is 1. The van der Waals surface area contributed by atoms with Crippen molar-refractivity contribution < 1.29 is 14.6 Å². The molecule has 2 heterocycles. The van der Waals surface area contributed by atoms with Crippen LogP contribution < -0.4 is 9.47 Å². The lowest BCUT2D eigenvalue weighted by molar-refractivity contribution is 0.141. The molecule has 1 aromatic carbocycles. The van der Waals surface area contributed by atoms with Crippen molar-refractivity contribution in [3.05, 3.63) is 22.2 Å². The predicted molar refractivity (Wildman–Crippen MR) is 84.8 cm³/mol. The van der Waals surface area contributed by atoms with Gasteiger partial charge in [-0.25, -0.2) is 0 Å². The Bertz CT molecular complexity index is 493. The smallest absolute Gasteiger partial charge is 0.162 e. The third-order valence-corrected chi connectivity index (χ3v) is 4.98. The number of benzene rings is 1. The summed E-state index contributed by atoms with van der Waals surface area (Å²) in [5.74, 6) is 2.30. The van der Waals surface area contributed by atoms with E-state index in [4.69, 9.17) is 14.6 Å². The van der Waals surface area contributed by atoms with E-state index in [2.05, 4.69) is 26.9 Å². The molecule has 21 heavy (non-hydrogen) atoms. The lowest BCUT2D eigenvalue weighted by Gasteiger charge is -2.33. The third kappa shape index (κ3) is 3.71. The number of halogens is 1. The van der Waals surface area contributed by atoms with Crippen LogP contribution >= 0.6 is 15.9 Å². The predicted octanol–water partition coefficient (Wildman–Crippen LogP) is 2.81. The first-order valence-electron chi connectivity index (χ1n) is 7.67. The molecule has 4 nitrogen and oxygen atoms in total. The summed E-state index contributed by atoms with van der Waals surface area (Å²) in [6.07, 6.45) is 3.37. The van der Waals surface area contributed by atoms with E-state index in [0.717, 1.165) is 42.0 Å². The van der Waals surface area contributed by atoms with E-state index in [0.29, 0.717) is 25.7 Å². The Morgan fingerprint density at radius 1 is 1.24 bits per heavy atom. The summed E-state index contributed by atoms with van der Waals surface area (Å²) in [5.41, 5.74) is 1.24. The van der Waals surface area contributed by atoms with Crippen LogP contribution in [0.2, 0.25) is 0 Å². The Labute approximate surface area is 134 Å². The summed E-state index contributed by atoms with van der Waals surface area (Å²) >= 11 is 3.65. The molecule has 0 amide bonds. The Kier molecular flexibility index (Phi) is 5.03. The lowest BCUT2D eigenvalue weighted by Crippen LogP contribution is -2.35. The highest BCUT2D eigenvalue weighted by atomic mass is 79.9. The molecule has 0 bridgehead atoms. The van der Waals surface area contributed by atoms with Gasteiger partial charge in [-0.15, -0.1) is 0 Å². The minimum absolute atomic E-state index is 0.298. The van der Waals surface area contributed by atoms with E-state index in [-0.39, 0.29) is 0 Å². The van der Waals surface area contributed by atoms with Gasteiger partial charge in [0.25, 0.3) is 0 Å². The van der Waals surface area contributed by atoms with Gasteiger partial charge in [-0.1, -0.05) is 15.9 Å². The van der Waals surface area contributed by atoms with E-state index in [1.165, 1.54) is 18.4 Å². The second-order valence-electron chi connectivity index (χ2n) is 5.84. The number of piperidine rings is 1. The number of aliphatic hydroxyl groups is 1. The number of ether oxygens (including phenoxy) is 2. The van der Waals surface area contributed by atoms with Crippen molar-refractivity contribution in [3.63, 3.8) is 0 Å². The van der Waals surface area contributed by atoms with Crippen molar-refractivity contribution in [2.45, 2.75) is 25.8 Å². The van der Waals surface area contributed by atoms with E-state index in [1.54, 1.807) is 0 Å². The van der Waals surface area contributed by atoms with Gasteiger partial charge >= 0.3 is 0 Å². The zero-order valence-corrected chi connectivity index (χ0v) is 13.8. The van der Waals surface area contributed by atoms with Gasteiger partial charge in [-0.3, -0.25) is 4.90 Å². The SMILES string of the molecule is OCCC1CCCN(Cc2cc3c(cc2Br)OCCO3)C1. The molecular formula is C16H22BrNO3. The summed E-state index contributed by atoms with van der Waals surface area (Å²) in [5, 5.41) is 9.11. The van der Waals surface area contributed by atoms with Crippen molar-refractivity contribution in [1.29, 1.82) is 0 Å². The van der Waals surface area contributed by atoms with Crippen LogP contribution in [0.3, 0.4) is 0 Å². The van der Waals surface area contributed by atoms with Crippen molar-refractivity contribution in [3.8, 4) is 11.5 Å². The second kappa shape index (κ2) is 6.99. The molecule has 1 atom stereocenters. The molecule has 1 fully saturated rings. The molecular weight excluding hydrogens is 334 g/mol. The normalized spacial score (nSPS) is 22.3. The maximum Gasteiger partial charge on any atom is 0.162 e. The van der Waals surface area contributed by atoms with Crippen LogP contribution in [0.15, 0.2) is 16.6 Å². The zero-order valence-electron chi connectivity index (χ0n) is 12.2. The molecule has 1 aromatic rings. The molecule has 1 N–H and O–H groups in total. The van der Waals surface area contributed by atoms with Gasteiger partial charge in [0.15, 0.2) is 11.5 Å². The molecule has 5 heteroatoms. The summed E-state index contributed by atoms with van der Waals surface area (Å²) in [4.78, 5) is 2.47. The fourth-order valence-corrected chi connectivity index (χ4v) is 3.63. The Morgan fingerprint density at radius 3 is 2.76 bits per heavy atom. The summed E-state index contributed by atoms with van der Waals surface area (Å²) in [6.45, 7) is 4.65. The number of likely N-dealkylation sites (tertiary alicyclic amines) is 1. The van der Waals surface area contributed by atoms with Crippen LogP contribution in [0.5, 0.6) is 11.5 Å². The van der Waals surface area contributed by atoms with Crippen LogP contribution in [-0.2, 0) is 6.54 Å². The third-order valence-electron chi connectivity index (χ3n) is 4.25. The second-order valence-corrected chi connectivity index (χ2v) is 6.70. The Hall–Kier alpha value is -0.780. The largest absolute Gasteiger partial charge is 0.486 e. The first kappa shape index (κ1) is 15.1. The zero-order chi connectivity index (χ0) is 14.7. The number of aliphatic hydroxyl groups excluding tert-OH is 1. The topological polar surface area (TPSA) is 41.9 Å². The fourth-order valence-electron chi connectivity index (χ4n) is 3.18. The monoisotopic (exact) mass is 355 g/mol. The molecule has 0 aliphatic carbocycles. The maximum atomic E-state index is 9.11. The Morgan fingerprint density at radius 2 is 2.00 bits per heavy atom. The quantitative estimate of drug-likeness (QED) is 0.901. The van der Waals surface area contributed by atoms with Gasteiger partial charge < -0.3 is 14.6 Å². The van der Waals surface area contributed by atoms with Gasteiger partial charge in [0.2, 0.25) is 0 Å².